The first-order chi connectivity index (χ1) is 9.31. The third kappa shape index (κ3) is 1.98. The highest BCUT2D eigenvalue weighted by Gasteiger charge is 2.25. The van der Waals surface area contributed by atoms with Crippen LogP contribution in [0.25, 0.3) is 11.1 Å². The van der Waals surface area contributed by atoms with Crippen molar-refractivity contribution in [2.75, 3.05) is 0 Å². The highest BCUT2D eigenvalue weighted by molar-refractivity contribution is 5.77. The minimum Gasteiger partial charge on any atom is -0.324 e. The first kappa shape index (κ1) is 11.2. The van der Waals surface area contributed by atoms with E-state index in [0.29, 0.717) is 0 Å². The fourth-order valence-corrected chi connectivity index (χ4v) is 3.22. The van der Waals surface area contributed by atoms with Crippen LogP contribution in [-0.4, -0.2) is 0 Å². The molecule has 0 saturated heterocycles. The molecule has 2 aliphatic rings. The van der Waals surface area contributed by atoms with Crippen LogP contribution < -0.4 is 5.73 Å². The molecule has 0 radical (unpaired) electrons. The topological polar surface area (TPSA) is 26.0 Å². The van der Waals surface area contributed by atoms with Crippen molar-refractivity contribution in [3.05, 3.63) is 59.2 Å². The zero-order valence-corrected chi connectivity index (χ0v) is 11.1. The van der Waals surface area contributed by atoms with E-state index in [4.69, 9.17) is 5.73 Å². The lowest BCUT2D eigenvalue weighted by atomic mass is 9.96. The van der Waals surface area contributed by atoms with Gasteiger partial charge in [-0.1, -0.05) is 49.2 Å². The maximum atomic E-state index is 6.35. The van der Waals surface area contributed by atoms with E-state index in [9.17, 15) is 0 Å². The summed E-state index contributed by atoms with van der Waals surface area (Å²) in [6.45, 7) is 0. The maximum Gasteiger partial charge on any atom is 0.0297 e. The van der Waals surface area contributed by atoms with Crippen LogP contribution in [0.5, 0.6) is 0 Å². The molecule has 0 heterocycles. The molecule has 96 valence electrons. The first-order valence-corrected chi connectivity index (χ1v) is 7.28. The van der Waals surface area contributed by atoms with Gasteiger partial charge in [0, 0.05) is 6.04 Å². The predicted molar refractivity (Wildman–Crippen MR) is 79.0 cm³/mol. The van der Waals surface area contributed by atoms with Crippen LogP contribution in [0.4, 0.5) is 0 Å². The Balaban J connectivity index is 1.70. The summed E-state index contributed by atoms with van der Waals surface area (Å²) in [6.07, 6.45) is 4.98. The molecule has 1 atom stereocenters. The lowest BCUT2D eigenvalue weighted by Gasteiger charge is -2.13. The van der Waals surface area contributed by atoms with Crippen molar-refractivity contribution in [1.82, 2.24) is 0 Å². The molecule has 0 amide bonds. The van der Waals surface area contributed by atoms with E-state index in [0.717, 1.165) is 18.8 Å². The SMILES string of the molecule is NC(CC1CC1)c1ccc2c(c1)-c1ccccc1C2. The number of benzene rings is 2. The molecule has 1 nitrogen and oxygen atoms in total. The Labute approximate surface area is 114 Å². The lowest BCUT2D eigenvalue weighted by molar-refractivity contribution is 0.597. The Bertz CT molecular complexity index is 625. The van der Waals surface area contributed by atoms with E-state index in [1.807, 2.05) is 0 Å². The van der Waals surface area contributed by atoms with E-state index in [2.05, 4.69) is 42.5 Å². The average Bonchev–Trinajstić information content (AvgIpc) is 3.17. The van der Waals surface area contributed by atoms with Crippen LogP contribution in [0.2, 0.25) is 0 Å². The van der Waals surface area contributed by atoms with Gasteiger partial charge < -0.3 is 5.73 Å². The second-order valence-electron chi connectivity index (χ2n) is 6.04. The third-order valence-corrected chi connectivity index (χ3v) is 4.53. The summed E-state index contributed by atoms with van der Waals surface area (Å²) in [5, 5.41) is 0. The van der Waals surface area contributed by atoms with Gasteiger partial charge in [0.2, 0.25) is 0 Å². The summed E-state index contributed by atoms with van der Waals surface area (Å²) in [5.74, 6) is 0.885. The normalized spacial score (nSPS) is 17.9. The summed E-state index contributed by atoms with van der Waals surface area (Å²) in [6, 6.07) is 15.8. The summed E-state index contributed by atoms with van der Waals surface area (Å²) >= 11 is 0. The van der Waals surface area contributed by atoms with Gasteiger partial charge in [-0.2, -0.15) is 0 Å². The minimum absolute atomic E-state index is 0.213. The molecule has 0 aliphatic heterocycles. The predicted octanol–water partition coefficient (Wildman–Crippen LogP) is 4.06. The Morgan fingerprint density at radius 2 is 1.79 bits per heavy atom. The number of rotatable bonds is 3. The summed E-state index contributed by atoms with van der Waals surface area (Å²) in [5.41, 5.74) is 13.4. The molecule has 0 spiro atoms. The fraction of sp³-hybridized carbons (Fsp3) is 0.333. The second kappa shape index (κ2) is 4.21. The van der Waals surface area contributed by atoms with E-state index >= 15 is 0 Å². The molecular weight excluding hydrogens is 230 g/mol. The monoisotopic (exact) mass is 249 g/mol. The average molecular weight is 249 g/mol. The smallest absolute Gasteiger partial charge is 0.0297 e. The van der Waals surface area contributed by atoms with Crippen LogP contribution in [0, 0.1) is 5.92 Å². The van der Waals surface area contributed by atoms with Crippen molar-refractivity contribution in [3.8, 4) is 11.1 Å². The number of nitrogens with two attached hydrogens (primary N) is 1. The Kier molecular flexibility index (Phi) is 2.49. The molecule has 4 rings (SSSR count). The molecule has 0 bridgehead atoms. The van der Waals surface area contributed by atoms with E-state index < -0.39 is 0 Å². The fourth-order valence-electron chi connectivity index (χ4n) is 3.22. The standard InChI is InChI=1S/C18H19N/c19-18(9-12-5-6-12)15-8-7-14-10-13-3-1-2-4-16(13)17(14)11-15/h1-4,7-8,11-12,18H,5-6,9-10,19H2. The molecule has 2 aromatic rings. The van der Waals surface area contributed by atoms with Gasteiger partial charge in [0.1, 0.15) is 0 Å². The van der Waals surface area contributed by atoms with Gasteiger partial charge in [-0.15, -0.1) is 0 Å². The van der Waals surface area contributed by atoms with Gasteiger partial charge in [0.15, 0.2) is 0 Å². The van der Waals surface area contributed by atoms with Crippen molar-refractivity contribution >= 4 is 0 Å². The Hall–Kier alpha value is -1.60. The lowest BCUT2D eigenvalue weighted by Crippen LogP contribution is -2.11. The molecule has 1 fully saturated rings. The van der Waals surface area contributed by atoms with Gasteiger partial charge in [0.05, 0.1) is 0 Å². The van der Waals surface area contributed by atoms with Crippen LogP contribution in [0.3, 0.4) is 0 Å². The number of hydrogen-bond acceptors (Lipinski definition) is 1. The van der Waals surface area contributed by atoms with E-state index in [1.165, 1.54) is 40.7 Å². The van der Waals surface area contributed by atoms with Gasteiger partial charge in [-0.25, -0.2) is 0 Å². The summed E-state index contributed by atoms with van der Waals surface area (Å²) in [7, 11) is 0. The molecule has 0 aromatic heterocycles. The molecule has 1 heteroatoms. The molecular formula is C18H19N. The van der Waals surface area contributed by atoms with Crippen molar-refractivity contribution in [2.45, 2.75) is 31.7 Å². The van der Waals surface area contributed by atoms with Crippen molar-refractivity contribution in [3.63, 3.8) is 0 Å². The zero-order chi connectivity index (χ0) is 12.8. The second-order valence-corrected chi connectivity index (χ2v) is 6.04. The van der Waals surface area contributed by atoms with Crippen molar-refractivity contribution in [2.24, 2.45) is 11.7 Å². The van der Waals surface area contributed by atoms with Crippen LogP contribution >= 0.6 is 0 Å². The van der Waals surface area contributed by atoms with Gasteiger partial charge in [-0.3, -0.25) is 0 Å². The Morgan fingerprint density at radius 3 is 2.63 bits per heavy atom. The summed E-state index contributed by atoms with van der Waals surface area (Å²) in [4.78, 5) is 0. The molecule has 19 heavy (non-hydrogen) atoms. The quantitative estimate of drug-likeness (QED) is 0.744. The Morgan fingerprint density at radius 1 is 1.00 bits per heavy atom. The van der Waals surface area contributed by atoms with Crippen LogP contribution in [-0.2, 0) is 6.42 Å². The van der Waals surface area contributed by atoms with Crippen molar-refractivity contribution in [1.29, 1.82) is 0 Å². The van der Waals surface area contributed by atoms with Gasteiger partial charge >= 0.3 is 0 Å². The van der Waals surface area contributed by atoms with Crippen LogP contribution in [0.1, 0.15) is 42.0 Å². The number of hydrogen-bond donors (Lipinski definition) is 1. The highest BCUT2D eigenvalue weighted by Crippen LogP contribution is 2.40. The minimum atomic E-state index is 0.213. The summed E-state index contributed by atoms with van der Waals surface area (Å²) < 4.78 is 0. The van der Waals surface area contributed by atoms with Gasteiger partial charge in [-0.05, 0) is 52.6 Å². The molecule has 2 aromatic carbocycles. The zero-order valence-electron chi connectivity index (χ0n) is 11.1. The molecule has 2 N–H and O–H groups in total. The molecule has 1 unspecified atom stereocenters. The molecule has 1 saturated carbocycles. The number of fused-ring (bicyclic) bond motifs is 3. The first-order valence-electron chi connectivity index (χ1n) is 7.28. The third-order valence-electron chi connectivity index (χ3n) is 4.53. The van der Waals surface area contributed by atoms with Gasteiger partial charge in [0.25, 0.3) is 0 Å². The van der Waals surface area contributed by atoms with Crippen molar-refractivity contribution < 1.29 is 0 Å². The van der Waals surface area contributed by atoms with Crippen LogP contribution in [0.15, 0.2) is 42.5 Å². The highest BCUT2D eigenvalue weighted by atomic mass is 14.6. The van der Waals surface area contributed by atoms with E-state index in [1.54, 1.807) is 0 Å². The van der Waals surface area contributed by atoms with E-state index in [-0.39, 0.29) is 6.04 Å². The largest absolute Gasteiger partial charge is 0.324 e. The molecule has 2 aliphatic carbocycles. The maximum absolute atomic E-state index is 6.35.